The van der Waals surface area contributed by atoms with Crippen LogP contribution in [0.3, 0.4) is 0 Å². The van der Waals surface area contributed by atoms with Crippen molar-refractivity contribution in [2.45, 2.75) is 12.1 Å². The molecule has 0 spiro atoms. The van der Waals surface area contributed by atoms with Crippen molar-refractivity contribution in [3.63, 3.8) is 0 Å². The van der Waals surface area contributed by atoms with Crippen LogP contribution in [0.25, 0.3) is 17.1 Å². The predicted octanol–water partition coefficient (Wildman–Crippen LogP) is 3.08. The Kier molecular flexibility index (Phi) is 6.60. The van der Waals surface area contributed by atoms with Crippen LogP contribution in [0.1, 0.15) is 5.69 Å². The number of hydrogen-bond acceptors (Lipinski definition) is 6. The molecule has 0 aliphatic carbocycles. The van der Waals surface area contributed by atoms with Crippen molar-refractivity contribution >= 4 is 29.0 Å². The van der Waals surface area contributed by atoms with Crippen molar-refractivity contribution in [3.8, 4) is 17.1 Å². The summed E-state index contributed by atoms with van der Waals surface area (Å²) in [6, 6.07) is 17.4. The molecule has 2 aromatic heterocycles. The van der Waals surface area contributed by atoms with Crippen molar-refractivity contribution in [3.05, 3.63) is 70.6 Å². The lowest BCUT2D eigenvalue weighted by Gasteiger charge is -2.12. The lowest BCUT2D eigenvalue weighted by Crippen LogP contribution is -2.23. The average Bonchev–Trinajstić information content (AvgIpc) is 3.30. The number of nitrogens with zero attached hydrogens (tertiary/aromatic N) is 6. The molecule has 176 valence electrons. The molecular formula is C24H27N7O2S. The van der Waals surface area contributed by atoms with Crippen molar-refractivity contribution in [2.24, 2.45) is 14.1 Å². The molecule has 0 aliphatic rings. The van der Waals surface area contributed by atoms with Gasteiger partial charge in [-0.25, -0.2) is 4.68 Å². The van der Waals surface area contributed by atoms with Gasteiger partial charge in [0.1, 0.15) is 5.69 Å². The van der Waals surface area contributed by atoms with E-state index in [0.717, 1.165) is 22.8 Å². The highest BCUT2D eigenvalue weighted by atomic mass is 32.2. The van der Waals surface area contributed by atoms with E-state index < -0.39 is 0 Å². The van der Waals surface area contributed by atoms with Crippen molar-refractivity contribution < 1.29 is 4.79 Å². The molecule has 0 bridgehead atoms. The highest BCUT2D eigenvalue weighted by molar-refractivity contribution is 7.99. The van der Waals surface area contributed by atoms with Gasteiger partial charge in [0.15, 0.2) is 11.0 Å². The summed E-state index contributed by atoms with van der Waals surface area (Å²) in [5.74, 6) is 0.541. The maximum Gasteiger partial charge on any atom is 0.295 e. The third-order valence-electron chi connectivity index (χ3n) is 5.63. The molecule has 0 saturated carbocycles. The van der Waals surface area contributed by atoms with Gasteiger partial charge in [0.05, 0.1) is 17.1 Å². The molecule has 10 heteroatoms. The summed E-state index contributed by atoms with van der Waals surface area (Å²) in [5.41, 5.74) is 3.45. The number of aromatic nitrogens is 5. The van der Waals surface area contributed by atoms with Crippen LogP contribution >= 0.6 is 11.8 Å². The minimum atomic E-state index is -0.282. The second-order valence-corrected chi connectivity index (χ2v) is 9.02. The van der Waals surface area contributed by atoms with E-state index in [1.807, 2.05) is 85.2 Å². The second-order valence-electron chi connectivity index (χ2n) is 8.08. The standard InChI is InChI=1S/C24H27N7O2S/c1-16-21(23(33)31(30(16)5)19-9-7-6-8-10-19)25-20(32)15-34-24-27-26-22(29(24)4)17-11-13-18(14-12-17)28(2)3/h6-14H,15H2,1-5H3,(H,25,32). The number of para-hydroxylation sites is 1. The van der Waals surface area contributed by atoms with Gasteiger partial charge in [0.2, 0.25) is 5.91 Å². The van der Waals surface area contributed by atoms with Crippen LogP contribution in [0.5, 0.6) is 0 Å². The molecule has 2 aromatic carbocycles. The molecule has 9 nitrogen and oxygen atoms in total. The van der Waals surface area contributed by atoms with Gasteiger partial charge in [-0.15, -0.1) is 10.2 Å². The van der Waals surface area contributed by atoms with E-state index in [0.29, 0.717) is 10.9 Å². The first-order chi connectivity index (χ1) is 16.3. The number of hydrogen-bond donors (Lipinski definition) is 1. The van der Waals surface area contributed by atoms with Crippen LogP contribution in [0.15, 0.2) is 64.5 Å². The fraction of sp³-hybridized carbons (Fsp3) is 0.250. The molecule has 1 N–H and O–H groups in total. The van der Waals surface area contributed by atoms with Crippen LogP contribution in [0.4, 0.5) is 11.4 Å². The van der Waals surface area contributed by atoms with Crippen molar-refractivity contribution in [1.82, 2.24) is 24.1 Å². The fourth-order valence-corrected chi connectivity index (χ4v) is 4.33. The zero-order chi connectivity index (χ0) is 24.4. The summed E-state index contributed by atoms with van der Waals surface area (Å²) < 4.78 is 5.13. The van der Waals surface area contributed by atoms with Gasteiger partial charge >= 0.3 is 0 Å². The topological polar surface area (TPSA) is 90.0 Å². The number of carbonyl (C=O) groups is 1. The third-order valence-corrected chi connectivity index (χ3v) is 6.65. The first-order valence-electron chi connectivity index (χ1n) is 10.7. The summed E-state index contributed by atoms with van der Waals surface area (Å²) in [4.78, 5) is 27.7. The highest BCUT2D eigenvalue weighted by Gasteiger charge is 2.19. The summed E-state index contributed by atoms with van der Waals surface area (Å²) in [5, 5.41) is 11.9. The minimum Gasteiger partial charge on any atom is -0.378 e. The summed E-state index contributed by atoms with van der Waals surface area (Å²) >= 11 is 1.27. The van der Waals surface area contributed by atoms with Gasteiger partial charge in [-0.3, -0.25) is 14.3 Å². The van der Waals surface area contributed by atoms with E-state index in [9.17, 15) is 9.59 Å². The highest BCUT2D eigenvalue weighted by Crippen LogP contribution is 2.24. The van der Waals surface area contributed by atoms with Crippen molar-refractivity contribution in [1.29, 1.82) is 0 Å². The summed E-state index contributed by atoms with van der Waals surface area (Å²) in [6.45, 7) is 1.81. The fourth-order valence-electron chi connectivity index (χ4n) is 3.62. The molecule has 2 heterocycles. The molecule has 0 radical (unpaired) electrons. The van der Waals surface area contributed by atoms with Gasteiger partial charge in [-0.1, -0.05) is 30.0 Å². The van der Waals surface area contributed by atoms with Crippen LogP contribution < -0.4 is 15.8 Å². The monoisotopic (exact) mass is 477 g/mol. The average molecular weight is 478 g/mol. The molecule has 4 rings (SSSR count). The van der Waals surface area contributed by atoms with Gasteiger partial charge in [0, 0.05) is 39.4 Å². The van der Waals surface area contributed by atoms with Crippen molar-refractivity contribution in [2.75, 3.05) is 30.1 Å². The van der Waals surface area contributed by atoms with Gasteiger partial charge < -0.3 is 14.8 Å². The Morgan fingerprint density at radius 2 is 1.71 bits per heavy atom. The number of anilines is 2. The Hall–Kier alpha value is -3.79. The first kappa shape index (κ1) is 23.4. The Bertz CT molecular complexity index is 1370. The van der Waals surface area contributed by atoms with Crippen LogP contribution in [0, 0.1) is 6.92 Å². The number of benzene rings is 2. The van der Waals surface area contributed by atoms with E-state index in [1.165, 1.54) is 16.4 Å². The zero-order valence-electron chi connectivity index (χ0n) is 19.8. The van der Waals surface area contributed by atoms with Gasteiger partial charge in [0.25, 0.3) is 5.56 Å². The molecule has 34 heavy (non-hydrogen) atoms. The molecule has 0 atom stereocenters. The van der Waals surface area contributed by atoms with Crippen LogP contribution in [0.2, 0.25) is 0 Å². The predicted molar refractivity (Wildman–Crippen MR) is 136 cm³/mol. The minimum absolute atomic E-state index is 0.102. The van der Waals surface area contributed by atoms with E-state index in [2.05, 4.69) is 15.5 Å². The van der Waals surface area contributed by atoms with Crippen LogP contribution in [-0.2, 0) is 18.9 Å². The number of nitrogens with one attached hydrogen (secondary N) is 1. The third kappa shape index (κ3) is 4.49. The molecule has 0 unspecified atom stereocenters. The Morgan fingerprint density at radius 3 is 2.35 bits per heavy atom. The Labute approximate surface area is 202 Å². The lowest BCUT2D eigenvalue weighted by molar-refractivity contribution is -0.113. The smallest absolute Gasteiger partial charge is 0.295 e. The van der Waals surface area contributed by atoms with Crippen LogP contribution in [-0.4, -0.2) is 49.9 Å². The molecule has 0 aliphatic heterocycles. The van der Waals surface area contributed by atoms with E-state index in [-0.39, 0.29) is 22.9 Å². The molecule has 0 fully saturated rings. The summed E-state index contributed by atoms with van der Waals surface area (Å²) in [6.07, 6.45) is 0. The van der Waals surface area contributed by atoms with E-state index in [4.69, 9.17) is 0 Å². The Balaban J connectivity index is 1.46. The molecule has 0 saturated heterocycles. The number of amides is 1. The SMILES string of the molecule is Cc1c(NC(=O)CSc2nnc(-c3ccc(N(C)C)cc3)n2C)c(=O)n(-c2ccccc2)n1C. The van der Waals surface area contributed by atoms with E-state index >= 15 is 0 Å². The number of thioether (sulfide) groups is 1. The maximum absolute atomic E-state index is 13.0. The largest absolute Gasteiger partial charge is 0.378 e. The molecule has 1 amide bonds. The van der Waals surface area contributed by atoms with Gasteiger partial charge in [-0.2, -0.15) is 0 Å². The summed E-state index contributed by atoms with van der Waals surface area (Å²) in [7, 11) is 7.64. The number of rotatable bonds is 7. The zero-order valence-corrected chi connectivity index (χ0v) is 20.6. The molecular weight excluding hydrogens is 450 g/mol. The first-order valence-corrected chi connectivity index (χ1v) is 11.7. The van der Waals surface area contributed by atoms with E-state index in [1.54, 1.807) is 18.7 Å². The molecule has 4 aromatic rings. The lowest BCUT2D eigenvalue weighted by atomic mass is 10.2. The number of carbonyl (C=O) groups excluding carboxylic acids is 1. The van der Waals surface area contributed by atoms with Gasteiger partial charge in [-0.05, 0) is 43.3 Å². The second kappa shape index (κ2) is 9.60. The Morgan fingerprint density at radius 1 is 1.03 bits per heavy atom. The maximum atomic E-state index is 13.0. The quantitative estimate of drug-likeness (QED) is 0.412. The normalized spacial score (nSPS) is 11.0.